The maximum atomic E-state index is 10.8. The van der Waals surface area contributed by atoms with E-state index in [0.29, 0.717) is 0 Å². The second-order valence-electron chi connectivity index (χ2n) is 3.13. The predicted molar refractivity (Wildman–Crippen MR) is 79.8 cm³/mol. The average Bonchev–Trinajstić information content (AvgIpc) is 2.48. The maximum Gasteiger partial charge on any atom is 0.380 e. The average molecular weight is 336 g/mol. The highest BCUT2D eigenvalue weighted by atomic mass is 32.5. The van der Waals surface area contributed by atoms with Crippen LogP contribution in [0.1, 0.15) is 0 Å². The number of carbonyl (C=O) groups is 2. The van der Waals surface area contributed by atoms with E-state index in [-0.39, 0.29) is 26.4 Å². The van der Waals surface area contributed by atoms with Crippen LogP contribution in [-0.4, -0.2) is 38.4 Å². The van der Waals surface area contributed by atoms with Gasteiger partial charge in [0.05, 0.1) is 19.5 Å². The summed E-state index contributed by atoms with van der Waals surface area (Å²) in [5.74, 6) is -1.15. The molecule has 0 heterocycles. The first-order valence-electron chi connectivity index (χ1n) is 5.74. The lowest BCUT2D eigenvalue weighted by atomic mass is 10.6. The van der Waals surface area contributed by atoms with Crippen molar-refractivity contribution in [2.45, 2.75) is 0 Å². The van der Waals surface area contributed by atoms with Crippen LogP contribution in [0.15, 0.2) is 38.2 Å². The Bertz CT molecular complexity index is 403. The third-order valence-corrected chi connectivity index (χ3v) is 3.99. The zero-order valence-electron chi connectivity index (χ0n) is 11.4. The first kappa shape index (κ1) is 19.5. The highest BCUT2D eigenvalue weighted by Gasteiger charge is 2.20. The molecule has 0 N–H and O–H groups in total. The Morgan fingerprint density at radius 1 is 0.905 bits per heavy atom. The molecule has 0 aromatic carbocycles. The Morgan fingerprint density at radius 3 is 1.67 bits per heavy atom. The van der Waals surface area contributed by atoms with Crippen LogP contribution in [-0.2, 0) is 44.4 Å². The van der Waals surface area contributed by atoms with Crippen LogP contribution in [0.3, 0.4) is 0 Å². The molecule has 0 aliphatic rings. The van der Waals surface area contributed by atoms with Crippen LogP contribution in [0.4, 0.5) is 0 Å². The summed E-state index contributed by atoms with van der Waals surface area (Å²) in [7, 11) is 0. The van der Waals surface area contributed by atoms with Gasteiger partial charge in [-0.2, -0.15) is 0 Å². The summed E-state index contributed by atoms with van der Waals surface area (Å²) >= 11 is 5.07. The van der Waals surface area contributed by atoms with E-state index < -0.39 is 18.7 Å². The van der Waals surface area contributed by atoms with E-state index in [1.54, 1.807) is 0 Å². The molecular formula is C12H17O7PS. The number of rotatable bonds is 12. The Kier molecular flexibility index (Phi) is 10.4. The van der Waals surface area contributed by atoms with Gasteiger partial charge in [0.2, 0.25) is 0 Å². The summed E-state index contributed by atoms with van der Waals surface area (Å²) in [6.07, 6.45) is 3.15. The molecule has 0 saturated carbocycles. The molecule has 118 valence electrons. The summed E-state index contributed by atoms with van der Waals surface area (Å²) in [6, 6.07) is 0. The second-order valence-corrected chi connectivity index (χ2v) is 6.09. The van der Waals surface area contributed by atoms with Crippen molar-refractivity contribution in [1.82, 2.24) is 0 Å². The zero-order chi connectivity index (χ0) is 16.1. The third-order valence-electron chi connectivity index (χ3n) is 1.69. The number of ether oxygens (including phenoxy) is 2. The first-order chi connectivity index (χ1) is 9.97. The molecule has 0 amide bonds. The molecule has 9 heteroatoms. The monoisotopic (exact) mass is 336 g/mol. The number of hydrogen-bond donors (Lipinski definition) is 0. The van der Waals surface area contributed by atoms with Crippen molar-refractivity contribution in [3.63, 3.8) is 0 Å². The molecule has 0 saturated heterocycles. The van der Waals surface area contributed by atoms with Crippen molar-refractivity contribution in [3.05, 3.63) is 38.2 Å². The topological polar surface area (TPSA) is 80.3 Å². The van der Waals surface area contributed by atoms with E-state index in [9.17, 15) is 9.59 Å². The molecule has 0 radical (unpaired) electrons. The van der Waals surface area contributed by atoms with Crippen LogP contribution >= 0.6 is 6.72 Å². The Morgan fingerprint density at radius 2 is 1.33 bits per heavy atom. The molecule has 0 aliphatic carbocycles. The molecule has 21 heavy (non-hydrogen) atoms. The molecule has 7 nitrogen and oxygen atoms in total. The van der Waals surface area contributed by atoms with E-state index in [1.807, 2.05) is 0 Å². The summed E-state index contributed by atoms with van der Waals surface area (Å²) in [4.78, 5) is 21.6. The van der Waals surface area contributed by atoms with Gasteiger partial charge >= 0.3 is 18.7 Å². The minimum absolute atomic E-state index is 0.0167. The molecule has 0 atom stereocenters. The van der Waals surface area contributed by atoms with E-state index in [1.165, 1.54) is 0 Å². The summed E-state index contributed by atoms with van der Waals surface area (Å²) < 4.78 is 24.9. The molecule has 0 aromatic rings. The molecule has 0 fully saturated rings. The fraction of sp³-hybridized carbons (Fsp3) is 0.333. The van der Waals surface area contributed by atoms with E-state index in [4.69, 9.17) is 34.9 Å². The van der Waals surface area contributed by atoms with Gasteiger partial charge in [0.25, 0.3) is 0 Å². The molecule has 0 rings (SSSR count). The molecule has 0 spiro atoms. The Balaban J connectivity index is 4.10. The van der Waals surface area contributed by atoms with E-state index in [2.05, 4.69) is 19.7 Å². The van der Waals surface area contributed by atoms with Gasteiger partial charge in [0.15, 0.2) is 0 Å². The SMILES string of the molecule is C=COP(=S)(OCCOC(=O)C=C)OCCOC(=O)C=C. The van der Waals surface area contributed by atoms with Crippen molar-refractivity contribution in [3.8, 4) is 0 Å². The quantitative estimate of drug-likeness (QED) is 0.176. The van der Waals surface area contributed by atoms with Crippen LogP contribution in [0, 0.1) is 0 Å². The largest absolute Gasteiger partial charge is 0.460 e. The first-order valence-corrected chi connectivity index (χ1v) is 8.30. The highest BCUT2D eigenvalue weighted by Crippen LogP contribution is 2.49. The van der Waals surface area contributed by atoms with E-state index >= 15 is 0 Å². The molecule has 0 aliphatic heterocycles. The summed E-state index contributed by atoms with van der Waals surface area (Å²) in [5.41, 5.74) is 0. The van der Waals surface area contributed by atoms with Crippen molar-refractivity contribution in [2.24, 2.45) is 0 Å². The number of esters is 2. The van der Waals surface area contributed by atoms with Crippen LogP contribution in [0.2, 0.25) is 0 Å². The summed E-state index contributed by atoms with van der Waals surface area (Å²) in [5, 5.41) is 0. The standard InChI is InChI=1S/C12H17O7PS/c1-4-11(13)15-7-9-18-20(21,17-6-3)19-10-8-16-12(14)5-2/h4-6H,1-3,7-10H2. The minimum Gasteiger partial charge on any atom is -0.460 e. The smallest absolute Gasteiger partial charge is 0.380 e. The number of hydrogen-bond acceptors (Lipinski definition) is 8. The van der Waals surface area contributed by atoms with Gasteiger partial charge in [-0.05, 0) is 0 Å². The Labute approximate surface area is 128 Å². The van der Waals surface area contributed by atoms with Gasteiger partial charge in [-0.1, -0.05) is 19.7 Å². The van der Waals surface area contributed by atoms with Gasteiger partial charge in [-0.3, -0.25) is 9.05 Å². The predicted octanol–water partition coefficient (Wildman–Crippen LogP) is 1.86. The van der Waals surface area contributed by atoms with Crippen molar-refractivity contribution >= 4 is 30.5 Å². The maximum absolute atomic E-state index is 10.8. The van der Waals surface area contributed by atoms with Crippen molar-refractivity contribution in [1.29, 1.82) is 0 Å². The van der Waals surface area contributed by atoms with Crippen molar-refractivity contribution < 1.29 is 32.6 Å². The molecule has 0 aromatic heterocycles. The lowest BCUT2D eigenvalue weighted by molar-refractivity contribution is -0.139. The fourth-order valence-corrected chi connectivity index (χ4v) is 2.49. The second kappa shape index (κ2) is 11.2. The molecule has 0 unspecified atom stereocenters. The van der Waals surface area contributed by atoms with Gasteiger partial charge < -0.3 is 14.0 Å². The molecule has 0 bridgehead atoms. The minimum atomic E-state index is -3.08. The van der Waals surface area contributed by atoms with Gasteiger partial charge in [0, 0.05) is 24.0 Å². The van der Waals surface area contributed by atoms with Crippen LogP contribution < -0.4 is 0 Å². The Hall–Kier alpha value is -1.47. The lowest BCUT2D eigenvalue weighted by Gasteiger charge is -2.20. The lowest BCUT2D eigenvalue weighted by Crippen LogP contribution is -2.11. The van der Waals surface area contributed by atoms with Gasteiger partial charge in [-0.25, -0.2) is 9.59 Å². The van der Waals surface area contributed by atoms with E-state index in [0.717, 1.165) is 18.4 Å². The third kappa shape index (κ3) is 9.97. The van der Waals surface area contributed by atoms with Gasteiger partial charge in [-0.15, -0.1) is 0 Å². The fourth-order valence-electron chi connectivity index (χ4n) is 0.890. The zero-order valence-corrected chi connectivity index (χ0v) is 13.1. The summed E-state index contributed by atoms with van der Waals surface area (Å²) in [6.45, 7) is 6.70. The van der Waals surface area contributed by atoms with Crippen LogP contribution in [0.25, 0.3) is 0 Å². The van der Waals surface area contributed by atoms with Crippen LogP contribution in [0.5, 0.6) is 0 Å². The van der Waals surface area contributed by atoms with Crippen molar-refractivity contribution in [2.75, 3.05) is 26.4 Å². The normalized spacial score (nSPS) is 10.3. The molecular weight excluding hydrogens is 319 g/mol. The highest BCUT2D eigenvalue weighted by molar-refractivity contribution is 8.07. The van der Waals surface area contributed by atoms with Gasteiger partial charge in [0.1, 0.15) is 13.2 Å². The number of carbonyl (C=O) groups excluding carboxylic acids is 2.